The van der Waals surface area contributed by atoms with Crippen molar-refractivity contribution in [2.75, 3.05) is 4.90 Å². The molecule has 74 heavy (non-hydrogen) atoms. The molecule has 0 bridgehead atoms. The van der Waals surface area contributed by atoms with Crippen molar-refractivity contribution in [2.45, 2.75) is 44.4 Å². The Labute approximate surface area is 432 Å². The van der Waals surface area contributed by atoms with E-state index in [4.69, 9.17) is 0 Å². The SMILES string of the molecule is CC1(C)c2cc(CCC(Cc3cccc(-n4c5ccccc5c5ccccc54)c3)c3ccccc3)ccc2-c2ccc(N(c3ccccc3)c3cccc(-n4c5ccccc5c5ccccc54)c3)c3cccc1c23. The Hall–Kier alpha value is -8.92. The van der Waals surface area contributed by atoms with Crippen molar-refractivity contribution in [3.05, 3.63) is 283 Å². The molecule has 0 N–H and O–H groups in total. The van der Waals surface area contributed by atoms with Crippen LogP contribution in [-0.2, 0) is 18.3 Å². The lowest BCUT2D eigenvalue weighted by Crippen LogP contribution is -2.24. The van der Waals surface area contributed by atoms with Gasteiger partial charge in [-0.3, -0.25) is 0 Å². The zero-order valence-corrected chi connectivity index (χ0v) is 41.8. The molecule has 1 aliphatic carbocycles. The highest BCUT2D eigenvalue weighted by molar-refractivity contribution is 6.12. The molecule has 0 saturated heterocycles. The molecule has 0 saturated carbocycles. The average Bonchev–Trinajstić information content (AvgIpc) is 4.04. The molecule has 0 amide bonds. The number of hydrogen-bond acceptors (Lipinski definition) is 1. The molecule has 11 aromatic carbocycles. The van der Waals surface area contributed by atoms with Gasteiger partial charge in [0.15, 0.2) is 0 Å². The first-order chi connectivity index (χ1) is 36.5. The van der Waals surface area contributed by atoms with Crippen LogP contribution in [0.2, 0.25) is 0 Å². The lowest BCUT2D eigenvalue weighted by atomic mass is 9.68. The Morgan fingerprint density at radius 3 is 1.54 bits per heavy atom. The highest BCUT2D eigenvalue weighted by Crippen LogP contribution is 2.52. The predicted molar refractivity (Wildman–Crippen MR) is 313 cm³/mol. The number of para-hydroxylation sites is 5. The van der Waals surface area contributed by atoms with Crippen molar-refractivity contribution < 1.29 is 0 Å². The van der Waals surface area contributed by atoms with Crippen LogP contribution in [-0.4, -0.2) is 9.13 Å². The monoisotopic (exact) mass is 949 g/mol. The van der Waals surface area contributed by atoms with Crippen LogP contribution < -0.4 is 4.90 Å². The average molecular weight is 950 g/mol. The fraction of sp³-hybridized carbons (Fsp3) is 0.0986. The Morgan fingerprint density at radius 2 is 0.905 bits per heavy atom. The molecule has 354 valence electrons. The summed E-state index contributed by atoms with van der Waals surface area (Å²) in [5, 5.41) is 7.69. The standard InChI is InChI=1S/C71H55N3/c1-71(2)63-33-19-32-62-69(72(52-23-7-4-8-24-52)54-26-18-27-55(47-54)74-67-36-15-11-30-59(67)60-31-12-16-37-68(60)74)43-42-61(70(62)63)56-41-39-48(46-64(56)71)38-40-51(50-21-5-3-6-22-50)44-49-20-17-25-53(45-49)73-65-34-13-9-28-57(65)58-29-10-14-35-66(58)73/h3-37,39,41-43,45-47,51H,38,40,44H2,1-2H3. The maximum Gasteiger partial charge on any atom is 0.0541 e. The van der Waals surface area contributed by atoms with E-state index in [0.29, 0.717) is 5.92 Å². The van der Waals surface area contributed by atoms with E-state index >= 15 is 0 Å². The van der Waals surface area contributed by atoms with Crippen molar-refractivity contribution in [1.82, 2.24) is 9.13 Å². The zero-order valence-electron chi connectivity index (χ0n) is 41.8. The number of aromatic nitrogens is 2. The van der Waals surface area contributed by atoms with Crippen molar-refractivity contribution in [3.63, 3.8) is 0 Å². The van der Waals surface area contributed by atoms with Gasteiger partial charge in [-0.25, -0.2) is 0 Å². The second-order valence-corrected chi connectivity index (χ2v) is 20.8. The zero-order chi connectivity index (χ0) is 49.3. The lowest BCUT2D eigenvalue weighted by molar-refractivity contribution is 0.616. The second-order valence-electron chi connectivity index (χ2n) is 20.8. The Balaban J connectivity index is 0.811. The van der Waals surface area contributed by atoms with Gasteiger partial charge in [0.25, 0.3) is 0 Å². The van der Waals surface area contributed by atoms with Gasteiger partial charge >= 0.3 is 0 Å². The van der Waals surface area contributed by atoms with Gasteiger partial charge in [0, 0.05) is 55.1 Å². The smallest absolute Gasteiger partial charge is 0.0541 e. The molecule has 0 fully saturated rings. The molecule has 0 spiro atoms. The van der Waals surface area contributed by atoms with Crippen molar-refractivity contribution in [3.8, 4) is 22.5 Å². The number of benzene rings is 11. The summed E-state index contributed by atoms with van der Waals surface area (Å²) in [5.74, 6) is 0.358. The van der Waals surface area contributed by atoms with E-state index in [1.807, 2.05) is 0 Å². The molecule has 0 aliphatic heterocycles. The van der Waals surface area contributed by atoms with Crippen molar-refractivity contribution in [1.29, 1.82) is 0 Å². The molecule has 3 nitrogen and oxygen atoms in total. The molecule has 1 unspecified atom stereocenters. The number of aryl methyl sites for hydroxylation is 1. The van der Waals surface area contributed by atoms with Crippen LogP contribution in [0.4, 0.5) is 17.1 Å². The van der Waals surface area contributed by atoms with Gasteiger partial charge in [0.1, 0.15) is 0 Å². The maximum atomic E-state index is 2.53. The minimum Gasteiger partial charge on any atom is -0.310 e. The van der Waals surface area contributed by atoms with Gasteiger partial charge in [-0.15, -0.1) is 0 Å². The van der Waals surface area contributed by atoms with Crippen LogP contribution in [0.1, 0.15) is 54.0 Å². The Kier molecular flexibility index (Phi) is 10.5. The van der Waals surface area contributed by atoms with Crippen LogP contribution in [0.25, 0.3) is 76.9 Å². The number of fused-ring (bicyclic) bond motifs is 8. The fourth-order valence-electron chi connectivity index (χ4n) is 12.7. The first kappa shape index (κ1) is 43.8. The third-order valence-electron chi connectivity index (χ3n) is 16.2. The molecule has 1 aliphatic rings. The topological polar surface area (TPSA) is 13.1 Å². The molecule has 3 heteroatoms. The lowest BCUT2D eigenvalue weighted by Gasteiger charge is -2.37. The van der Waals surface area contributed by atoms with E-state index in [-0.39, 0.29) is 5.41 Å². The van der Waals surface area contributed by atoms with Crippen molar-refractivity contribution >= 4 is 71.4 Å². The van der Waals surface area contributed by atoms with E-state index in [1.165, 1.54) is 105 Å². The molecule has 14 rings (SSSR count). The summed E-state index contributed by atoms with van der Waals surface area (Å²) in [6, 6.07) is 94.6. The quantitative estimate of drug-likeness (QED) is 0.126. The summed E-state index contributed by atoms with van der Waals surface area (Å²) in [5.41, 5.74) is 20.0. The third kappa shape index (κ3) is 7.17. The molecule has 1 atom stereocenters. The summed E-state index contributed by atoms with van der Waals surface area (Å²) in [4.78, 5) is 2.45. The van der Waals surface area contributed by atoms with Gasteiger partial charge < -0.3 is 14.0 Å². The fourth-order valence-corrected chi connectivity index (χ4v) is 12.7. The van der Waals surface area contributed by atoms with Crippen LogP contribution in [0.15, 0.2) is 255 Å². The normalized spacial score (nSPS) is 13.2. The second kappa shape index (κ2) is 17.7. The van der Waals surface area contributed by atoms with E-state index < -0.39 is 0 Å². The summed E-state index contributed by atoms with van der Waals surface area (Å²) in [7, 11) is 0. The van der Waals surface area contributed by atoms with Crippen molar-refractivity contribution in [2.24, 2.45) is 0 Å². The molecule has 2 heterocycles. The molecule has 13 aromatic rings. The molecule has 0 radical (unpaired) electrons. The highest BCUT2D eigenvalue weighted by Gasteiger charge is 2.35. The minimum absolute atomic E-state index is 0.226. The van der Waals surface area contributed by atoms with E-state index in [9.17, 15) is 0 Å². The number of nitrogens with zero attached hydrogens (tertiary/aromatic N) is 3. The third-order valence-corrected chi connectivity index (χ3v) is 16.2. The largest absolute Gasteiger partial charge is 0.310 e. The first-order valence-corrected chi connectivity index (χ1v) is 26.2. The summed E-state index contributed by atoms with van der Waals surface area (Å²) >= 11 is 0. The molecular formula is C71H55N3. The minimum atomic E-state index is -0.226. The van der Waals surface area contributed by atoms with Crippen LogP contribution >= 0.6 is 0 Å². The van der Waals surface area contributed by atoms with Crippen LogP contribution in [0, 0.1) is 0 Å². The number of rotatable bonds is 11. The summed E-state index contributed by atoms with van der Waals surface area (Å²) < 4.78 is 4.85. The van der Waals surface area contributed by atoms with Crippen LogP contribution in [0.5, 0.6) is 0 Å². The van der Waals surface area contributed by atoms with E-state index in [2.05, 4.69) is 283 Å². The van der Waals surface area contributed by atoms with Gasteiger partial charge in [-0.1, -0.05) is 196 Å². The Bertz CT molecular complexity index is 4160. The van der Waals surface area contributed by atoms with Gasteiger partial charge in [-0.05, 0) is 142 Å². The number of anilines is 3. The van der Waals surface area contributed by atoms with Gasteiger partial charge in [0.05, 0.1) is 27.8 Å². The highest BCUT2D eigenvalue weighted by atomic mass is 15.1. The summed E-state index contributed by atoms with van der Waals surface area (Å²) in [6.45, 7) is 4.86. The Morgan fingerprint density at radius 1 is 0.392 bits per heavy atom. The summed E-state index contributed by atoms with van der Waals surface area (Å²) in [6.07, 6.45) is 3.00. The molecule has 2 aromatic heterocycles. The van der Waals surface area contributed by atoms with E-state index in [0.717, 1.165) is 36.3 Å². The van der Waals surface area contributed by atoms with Crippen LogP contribution in [0.3, 0.4) is 0 Å². The predicted octanol–water partition coefficient (Wildman–Crippen LogP) is 18.8. The number of hydrogen-bond donors (Lipinski definition) is 0. The van der Waals surface area contributed by atoms with E-state index in [1.54, 1.807) is 0 Å². The molecular weight excluding hydrogens is 895 g/mol. The van der Waals surface area contributed by atoms with Gasteiger partial charge in [0.2, 0.25) is 0 Å². The maximum absolute atomic E-state index is 2.53. The van der Waals surface area contributed by atoms with Gasteiger partial charge in [-0.2, -0.15) is 0 Å². The first-order valence-electron chi connectivity index (χ1n) is 26.2.